The summed E-state index contributed by atoms with van der Waals surface area (Å²) in [4.78, 5) is 23.4. The molecule has 0 saturated carbocycles. The lowest BCUT2D eigenvalue weighted by molar-refractivity contribution is -0.132. The van der Waals surface area contributed by atoms with Crippen molar-refractivity contribution in [2.24, 2.45) is 0 Å². The van der Waals surface area contributed by atoms with Crippen LogP contribution >= 0.6 is 0 Å². The van der Waals surface area contributed by atoms with Crippen LogP contribution in [0.3, 0.4) is 0 Å². The number of benzene rings is 1. The fourth-order valence-corrected chi connectivity index (χ4v) is 3.38. The number of amides is 1. The minimum atomic E-state index is -0.331. The minimum absolute atomic E-state index is 0.00516. The third-order valence-corrected chi connectivity index (χ3v) is 4.96. The van der Waals surface area contributed by atoms with Crippen LogP contribution < -0.4 is 0 Å². The van der Waals surface area contributed by atoms with E-state index >= 15 is 0 Å². The Kier molecular flexibility index (Phi) is 6.14. The molecule has 28 heavy (non-hydrogen) atoms. The molecule has 0 aliphatic rings. The van der Waals surface area contributed by atoms with E-state index in [2.05, 4.69) is 9.97 Å². The summed E-state index contributed by atoms with van der Waals surface area (Å²) in [5.74, 6) is -0.261. The molecule has 0 aliphatic carbocycles. The van der Waals surface area contributed by atoms with Crippen LogP contribution in [0.2, 0.25) is 0 Å². The highest BCUT2D eigenvalue weighted by atomic mass is 19.1. The SMILES string of the molecule is CCN(C(=O)Cc1cnccc1C)C(c1cccnc1)c1ccc(F)c(C)c1. The van der Waals surface area contributed by atoms with E-state index in [0.29, 0.717) is 12.1 Å². The molecule has 5 heteroatoms. The van der Waals surface area contributed by atoms with Gasteiger partial charge in [0.1, 0.15) is 5.82 Å². The Bertz CT molecular complexity index is 959. The summed E-state index contributed by atoms with van der Waals surface area (Å²) in [5.41, 5.74) is 4.26. The van der Waals surface area contributed by atoms with Gasteiger partial charge < -0.3 is 4.90 Å². The monoisotopic (exact) mass is 377 g/mol. The Morgan fingerprint density at radius 1 is 1.04 bits per heavy atom. The first kappa shape index (κ1) is 19.7. The molecule has 0 aliphatic heterocycles. The van der Waals surface area contributed by atoms with Crippen molar-refractivity contribution >= 4 is 5.91 Å². The molecule has 144 valence electrons. The highest BCUT2D eigenvalue weighted by molar-refractivity contribution is 5.80. The molecule has 0 radical (unpaired) electrons. The molecule has 1 unspecified atom stereocenters. The number of likely N-dealkylation sites (N-methyl/N-ethyl adjacent to an activating group) is 1. The van der Waals surface area contributed by atoms with Gasteiger partial charge in [-0.2, -0.15) is 0 Å². The van der Waals surface area contributed by atoms with Gasteiger partial charge >= 0.3 is 0 Å². The second kappa shape index (κ2) is 8.74. The molecule has 0 saturated heterocycles. The lowest BCUT2D eigenvalue weighted by atomic mass is 9.96. The molecule has 1 aromatic carbocycles. The summed E-state index contributed by atoms with van der Waals surface area (Å²) < 4.78 is 13.8. The number of halogens is 1. The number of hydrogen-bond donors (Lipinski definition) is 0. The summed E-state index contributed by atoms with van der Waals surface area (Å²) >= 11 is 0. The second-order valence-electron chi connectivity index (χ2n) is 6.86. The standard InChI is InChI=1S/C23H24FN3O/c1-4-27(22(28)13-20-15-26-11-9-16(20)2)23(19-6-5-10-25-14-19)18-7-8-21(24)17(3)12-18/h5-12,14-15,23H,4,13H2,1-3H3. The van der Waals surface area contributed by atoms with Gasteiger partial charge in [-0.25, -0.2) is 4.39 Å². The van der Waals surface area contributed by atoms with Gasteiger partial charge in [0.25, 0.3) is 0 Å². The normalized spacial score (nSPS) is 11.9. The molecule has 0 N–H and O–H groups in total. The van der Waals surface area contributed by atoms with Crippen molar-refractivity contribution in [1.82, 2.24) is 14.9 Å². The van der Waals surface area contributed by atoms with Gasteiger partial charge in [-0.3, -0.25) is 14.8 Å². The third-order valence-electron chi connectivity index (χ3n) is 4.96. The van der Waals surface area contributed by atoms with E-state index in [0.717, 1.165) is 22.3 Å². The number of carbonyl (C=O) groups excluding carboxylic acids is 1. The second-order valence-corrected chi connectivity index (χ2v) is 6.86. The Morgan fingerprint density at radius 3 is 2.46 bits per heavy atom. The summed E-state index contributed by atoms with van der Waals surface area (Å²) in [6.07, 6.45) is 7.19. The van der Waals surface area contributed by atoms with Gasteiger partial charge in [0.05, 0.1) is 12.5 Å². The molecule has 0 bridgehead atoms. The Hall–Kier alpha value is -3.08. The zero-order valence-electron chi connectivity index (χ0n) is 16.4. The average molecular weight is 377 g/mol. The topological polar surface area (TPSA) is 46.1 Å². The van der Waals surface area contributed by atoms with Crippen LogP contribution in [0.4, 0.5) is 4.39 Å². The van der Waals surface area contributed by atoms with E-state index in [-0.39, 0.29) is 24.2 Å². The van der Waals surface area contributed by atoms with E-state index in [1.165, 1.54) is 6.07 Å². The van der Waals surface area contributed by atoms with Gasteiger partial charge in [0.2, 0.25) is 5.91 Å². The van der Waals surface area contributed by atoms with Crippen molar-refractivity contribution < 1.29 is 9.18 Å². The average Bonchev–Trinajstić information content (AvgIpc) is 2.70. The van der Waals surface area contributed by atoms with Crippen LogP contribution in [-0.2, 0) is 11.2 Å². The predicted octanol–water partition coefficient (Wildman–Crippen LogP) is 4.41. The number of aromatic nitrogens is 2. The quantitative estimate of drug-likeness (QED) is 0.639. The molecular weight excluding hydrogens is 353 g/mol. The first-order valence-corrected chi connectivity index (χ1v) is 9.36. The van der Waals surface area contributed by atoms with Crippen LogP contribution in [0.1, 0.15) is 40.8 Å². The van der Waals surface area contributed by atoms with E-state index in [9.17, 15) is 9.18 Å². The first-order valence-electron chi connectivity index (χ1n) is 9.36. The number of pyridine rings is 2. The zero-order chi connectivity index (χ0) is 20.1. The van der Waals surface area contributed by atoms with Crippen molar-refractivity contribution in [2.45, 2.75) is 33.2 Å². The van der Waals surface area contributed by atoms with Gasteiger partial charge in [0, 0.05) is 31.3 Å². The Balaban J connectivity index is 2.00. The highest BCUT2D eigenvalue weighted by Crippen LogP contribution is 2.30. The van der Waals surface area contributed by atoms with Crippen molar-refractivity contribution in [3.05, 3.63) is 94.8 Å². The van der Waals surface area contributed by atoms with E-state index in [4.69, 9.17) is 0 Å². The molecule has 2 aromatic heterocycles. The predicted molar refractivity (Wildman–Crippen MR) is 107 cm³/mol. The molecule has 3 aromatic rings. The van der Waals surface area contributed by atoms with E-state index in [1.807, 2.05) is 36.9 Å². The fraction of sp³-hybridized carbons (Fsp3) is 0.261. The summed E-state index contributed by atoms with van der Waals surface area (Å²) in [6.45, 7) is 6.18. The number of carbonyl (C=O) groups is 1. The van der Waals surface area contributed by atoms with Crippen molar-refractivity contribution in [2.75, 3.05) is 6.54 Å². The van der Waals surface area contributed by atoms with Crippen molar-refractivity contribution in [3.63, 3.8) is 0 Å². The molecule has 3 rings (SSSR count). The van der Waals surface area contributed by atoms with Crippen LogP contribution in [0.5, 0.6) is 0 Å². The van der Waals surface area contributed by atoms with Crippen LogP contribution in [0.25, 0.3) is 0 Å². The summed E-state index contributed by atoms with van der Waals surface area (Å²) in [7, 11) is 0. The summed E-state index contributed by atoms with van der Waals surface area (Å²) in [6, 6.07) is 10.4. The minimum Gasteiger partial charge on any atom is -0.331 e. The molecule has 0 fully saturated rings. The summed E-state index contributed by atoms with van der Waals surface area (Å²) in [5, 5.41) is 0. The number of aryl methyl sites for hydroxylation is 2. The molecule has 1 amide bonds. The number of hydrogen-bond acceptors (Lipinski definition) is 3. The lowest BCUT2D eigenvalue weighted by Gasteiger charge is -2.32. The number of nitrogens with zero attached hydrogens (tertiary/aromatic N) is 3. The van der Waals surface area contributed by atoms with Crippen molar-refractivity contribution in [3.8, 4) is 0 Å². The van der Waals surface area contributed by atoms with Gasteiger partial charge in [-0.1, -0.05) is 18.2 Å². The molecular formula is C23H24FN3O. The van der Waals surface area contributed by atoms with Crippen LogP contribution in [0.15, 0.2) is 61.2 Å². The molecule has 4 nitrogen and oxygen atoms in total. The van der Waals surface area contributed by atoms with Gasteiger partial charge in [-0.15, -0.1) is 0 Å². The fourth-order valence-electron chi connectivity index (χ4n) is 3.38. The number of rotatable bonds is 6. The maximum Gasteiger partial charge on any atom is 0.227 e. The zero-order valence-corrected chi connectivity index (χ0v) is 16.4. The third kappa shape index (κ3) is 4.25. The first-order chi connectivity index (χ1) is 13.5. The Morgan fingerprint density at radius 2 is 1.82 bits per heavy atom. The van der Waals surface area contributed by atoms with Crippen LogP contribution in [0, 0.1) is 19.7 Å². The van der Waals surface area contributed by atoms with Crippen LogP contribution in [-0.4, -0.2) is 27.3 Å². The van der Waals surface area contributed by atoms with E-state index in [1.54, 1.807) is 43.8 Å². The molecule has 1 atom stereocenters. The lowest BCUT2D eigenvalue weighted by Crippen LogP contribution is -2.36. The van der Waals surface area contributed by atoms with E-state index < -0.39 is 0 Å². The Labute approximate surface area is 165 Å². The smallest absolute Gasteiger partial charge is 0.227 e. The van der Waals surface area contributed by atoms with Crippen molar-refractivity contribution in [1.29, 1.82) is 0 Å². The maximum absolute atomic E-state index is 13.8. The maximum atomic E-state index is 13.8. The molecule has 0 spiro atoms. The highest BCUT2D eigenvalue weighted by Gasteiger charge is 2.26. The van der Waals surface area contributed by atoms with Gasteiger partial charge in [0.15, 0.2) is 0 Å². The van der Waals surface area contributed by atoms with Gasteiger partial charge in [-0.05, 0) is 66.8 Å². The molecule has 2 heterocycles. The largest absolute Gasteiger partial charge is 0.331 e.